The Morgan fingerprint density at radius 3 is 2.33 bits per heavy atom. The lowest BCUT2D eigenvalue weighted by molar-refractivity contribution is -0.138. The molecule has 88 valence electrons. The highest BCUT2D eigenvalue weighted by Gasteiger charge is 2.27. The van der Waals surface area contributed by atoms with Crippen molar-refractivity contribution in [2.45, 2.75) is 46.1 Å². The molecule has 1 saturated heterocycles. The zero-order valence-electron chi connectivity index (χ0n) is 10.1. The highest BCUT2D eigenvalue weighted by Crippen LogP contribution is 2.24. The summed E-state index contributed by atoms with van der Waals surface area (Å²) in [6, 6.07) is 0.229. The van der Waals surface area contributed by atoms with E-state index in [1.165, 1.54) is 6.42 Å². The van der Waals surface area contributed by atoms with Gasteiger partial charge < -0.3 is 5.11 Å². The van der Waals surface area contributed by atoms with Crippen LogP contribution in [0.5, 0.6) is 0 Å². The van der Waals surface area contributed by atoms with Gasteiger partial charge >= 0.3 is 5.97 Å². The molecule has 0 saturated carbocycles. The molecule has 0 spiro atoms. The van der Waals surface area contributed by atoms with Crippen LogP contribution in [0.15, 0.2) is 0 Å². The number of hydrogen-bond acceptors (Lipinski definition) is 2. The van der Waals surface area contributed by atoms with Gasteiger partial charge in [-0.05, 0) is 24.7 Å². The molecular weight excluding hydrogens is 190 g/mol. The van der Waals surface area contributed by atoms with Crippen molar-refractivity contribution in [1.82, 2.24) is 4.90 Å². The lowest BCUT2D eigenvalue weighted by atomic mass is 9.90. The van der Waals surface area contributed by atoms with E-state index in [9.17, 15) is 4.79 Å². The predicted molar refractivity (Wildman–Crippen MR) is 60.8 cm³/mol. The summed E-state index contributed by atoms with van der Waals surface area (Å²) >= 11 is 0. The lowest BCUT2D eigenvalue weighted by Gasteiger charge is -2.39. The Morgan fingerprint density at radius 2 is 1.93 bits per heavy atom. The van der Waals surface area contributed by atoms with Crippen molar-refractivity contribution in [3.05, 3.63) is 0 Å². The van der Waals surface area contributed by atoms with Crippen LogP contribution in [0.25, 0.3) is 0 Å². The van der Waals surface area contributed by atoms with Gasteiger partial charge in [-0.1, -0.05) is 20.8 Å². The van der Waals surface area contributed by atoms with E-state index in [2.05, 4.69) is 25.7 Å². The number of aliphatic carboxylic acids is 1. The Hall–Kier alpha value is -0.570. The van der Waals surface area contributed by atoms with E-state index in [1.807, 2.05) is 0 Å². The molecule has 0 aromatic rings. The standard InChI is InChI=1S/C12H23NO2/c1-4-11(6-12(14)15)13-7-9(2)5-10(3)8-13/h9-11H,4-8H2,1-3H3,(H,14,15). The fraction of sp³-hybridized carbons (Fsp3) is 0.917. The third kappa shape index (κ3) is 3.82. The average Bonchev–Trinajstić information content (AvgIpc) is 2.12. The second-order valence-electron chi connectivity index (χ2n) is 5.06. The summed E-state index contributed by atoms with van der Waals surface area (Å²) in [5.74, 6) is 0.737. The molecule has 0 aromatic heterocycles. The summed E-state index contributed by atoms with van der Waals surface area (Å²) < 4.78 is 0. The van der Waals surface area contributed by atoms with Crippen LogP contribution in [0.2, 0.25) is 0 Å². The minimum atomic E-state index is -0.673. The van der Waals surface area contributed by atoms with E-state index >= 15 is 0 Å². The maximum absolute atomic E-state index is 10.7. The second kappa shape index (κ2) is 5.50. The van der Waals surface area contributed by atoms with Crippen LogP contribution in [0.3, 0.4) is 0 Å². The number of rotatable bonds is 4. The molecule has 3 heteroatoms. The normalized spacial score (nSPS) is 30.1. The summed E-state index contributed by atoms with van der Waals surface area (Å²) in [5.41, 5.74) is 0. The molecule has 15 heavy (non-hydrogen) atoms. The average molecular weight is 213 g/mol. The molecule has 0 radical (unpaired) electrons. The minimum Gasteiger partial charge on any atom is -0.481 e. The van der Waals surface area contributed by atoms with Crippen molar-refractivity contribution in [2.75, 3.05) is 13.1 Å². The Labute approximate surface area is 92.5 Å². The third-order valence-corrected chi connectivity index (χ3v) is 3.29. The number of carboxylic acids is 1. The van der Waals surface area contributed by atoms with Gasteiger partial charge in [0.05, 0.1) is 6.42 Å². The van der Waals surface area contributed by atoms with Crippen molar-refractivity contribution in [3.8, 4) is 0 Å². The van der Waals surface area contributed by atoms with Crippen LogP contribution >= 0.6 is 0 Å². The molecule has 1 rings (SSSR count). The molecule has 0 bridgehead atoms. The number of nitrogens with zero attached hydrogens (tertiary/aromatic N) is 1. The largest absolute Gasteiger partial charge is 0.481 e. The summed E-state index contributed by atoms with van der Waals surface area (Å²) in [6.07, 6.45) is 2.50. The first-order valence-electron chi connectivity index (χ1n) is 5.98. The molecule has 3 unspecified atom stereocenters. The fourth-order valence-corrected chi connectivity index (χ4v) is 2.74. The van der Waals surface area contributed by atoms with E-state index in [0.717, 1.165) is 19.5 Å². The molecule has 1 N–H and O–H groups in total. The zero-order chi connectivity index (χ0) is 11.4. The quantitative estimate of drug-likeness (QED) is 0.778. The molecule has 0 aromatic carbocycles. The number of hydrogen-bond donors (Lipinski definition) is 1. The van der Waals surface area contributed by atoms with E-state index in [0.29, 0.717) is 11.8 Å². The second-order valence-corrected chi connectivity index (χ2v) is 5.06. The molecule has 1 aliphatic rings. The topological polar surface area (TPSA) is 40.5 Å². The SMILES string of the molecule is CCC(CC(=O)O)N1CC(C)CC(C)C1. The van der Waals surface area contributed by atoms with Gasteiger partial charge in [0, 0.05) is 19.1 Å². The van der Waals surface area contributed by atoms with Gasteiger partial charge in [0.15, 0.2) is 0 Å². The predicted octanol–water partition coefficient (Wildman–Crippen LogP) is 2.22. The molecule has 0 aliphatic carbocycles. The Balaban J connectivity index is 2.54. The molecule has 1 fully saturated rings. The van der Waals surface area contributed by atoms with Gasteiger partial charge in [0.1, 0.15) is 0 Å². The van der Waals surface area contributed by atoms with Crippen LogP contribution in [0, 0.1) is 11.8 Å². The monoisotopic (exact) mass is 213 g/mol. The molecular formula is C12H23NO2. The summed E-state index contributed by atoms with van der Waals surface area (Å²) in [6.45, 7) is 8.73. The van der Waals surface area contributed by atoms with Crippen molar-refractivity contribution < 1.29 is 9.90 Å². The van der Waals surface area contributed by atoms with E-state index in [-0.39, 0.29) is 12.5 Å². The summed E-state index contributed by atoms with van der Waals surface area (Å²) in [5, 5.41) is 8.85. The van der Waals surface area contributed by atoms with Gasteiger partial charge in [0.25, 0.3) is 0 Å². The molecule has 1 heterocycles. The van der Waals surface area contributed by atoms with E-state index in [4.69, 9.17) is 5.11 Å². The Bertz CT molecular complexity index is 208. The fourth-order valence-electron chi connectivity index (χ4n) is 2.74. The number of piperidine rings is 1. The first-order chi connectivity index (χ1) is 7.02. The summed E-state index contributed by atoms with van der Waals surface area (Å²) in [7, 11) is 0. The van der Waals surface area contributed by atoms with Crippen LogP contribution in [-0.4, -0.2) is 35.1 Å². The highest BCUT2D eigenvalue weighted by atomic mass is 16.4. The number of carboxylic acid groups (broad SMARTS) is 1. The smallest absolute Gasteiger partial charge is 0.304 e. The van der Waals surface area contributed by atoms with Crippen LogP contribution < -0.4 is 0 Å². The third-order valence-electron chi connectivity index (χ3n) is 3.29. The Morgan fingerprint density at radius 1 is 1.40 bits per heavy atom. The molecule has 1 aliphatic heterocycles. The zero-order valence-corrected chi connectivity index (χ0v) is 10.1. The molecule has 0 amide bonds. The van der Waals surface area contributed by atoms with Gasteiger partial charge in [-0.2, -0.15) is 0 Å². The van der Waals surface area contributed by atoms with Crippen LogP contribution in [-0.2, 0) is 4.79 Å². The van der Waals surface area contributed by atoms with Gasteiger partial charge in [-0.3, -0.25) is 9.69 Å². The van der Waals surface area contributed by atoms with Gasteiger partial charge in [-0.15, -0.1) is 0 Å². The lowest BCUT2D eigenvalue weighted by Crippen LogP contribution is -2.45. The van der Waals surface area contributed by atoms with Crippen molar-refractivity contribution in [1.29, 1.82) is 0 Å². The molecule has 3 atom stereocenters. The van der Waals surface area contributed by atoms with E-state index < -0.39 is 5.97 Å². The maximum atomic E-state index is 10.7. The van der Waals surface area contributed by atoms with Crippen molar-refractivity contribution >= 4 is 5.97 Å². The first kappa shape index (κ1) is 12.5. The van der Waals surface area contributed by atoms with Crippen molar-refractivity contribution in [3.63, 3.8) is 0 Å². The van der Waals surface area contributed by atoms with E-state index in [1.54, 1.807) is 0 Å². The first-order valence-corrected chi connectivity index (χ1v) is 5.98. The number of likely N-dealkylation sites (tertiary alicyclic amines) is 1. The van der Waals surface area contributed by atoms with Gasteiger partial charge in [0.2, 0.25) is 0 Å². The highest BCUT2D eigenvalue weighted by molar-refractivity contribution is 5.67. The van der Waals surface area contributed by atoms with Crippen molar-refractivity contribution in [2.24, 2.45) is 11.8 Å². The number of carbonyl (C=O) groups is 1. The Kier molecular flexibility index (Phi) is 4.58. The minimum absolute atomic E-state index is 0.229. The van der Waals surface area contributed by atoms with Crippen LogP contribution in [0.1, 0.15) is 40.0 Å². The van der Waals surface area contributed by atoms with Gasteiger partial charge in [-0.25, -0.2) is 0 Å². The van der Waals surface area contributed by atoms with Crippen LogP contribution in [0.4, 0.5) is 0 Å². The molecule has 3 nitrogen and oxygen atoms in total. The maximum Gasteiger partial charge on any atom is 0.304 e. The summed E-state index contributed by atoms with van der Waals surface area (Å²) in [4.78, 5) is 13.1.